The molecule has 0 radical (unpaired) electrons. The SMILES string of the molecule is Cc1ccc(C(c2ccc(C)cc2)(c2ccc(N)cc2)c2ccc(N(CP(=O)(Oc3ccccc3)Oc3ccccc3)CP(=O)(Oc3ccccc3)Oc3ccccc3)cc2)cc1. The highest BCUT2D eigenvalue weighted by molar-refractivity contribution is 7.56. The van der Waals surface area contributed by atoms with Crippen molar-refractivity contribution in [1.29, 1.82) is 0 Å². The Bertz CT molecular complexity index is 2490. The molecule has 316 valence electrons. The van der Waals surface area contributed by atoms with Crippen LogP contribution < -0.4 is 28.7 Å². The van der Waals surface area contributed by atoms with Crippen LogP contribution in [0.15, 0.2) is 218 Å². The highest BCUT2D eigenvalue weighted by Crippen LogP contribution is 2.55. The van der Waals surface area contributed by atoms with E-state index in [1.807, 2.05) is 48.5 Å². The van der Waals surface area contributed by atoms with E-state index in [0.717, 1.165) is 33.4 Å². The smallest absolute Gasteiger partial charge is 0.415 e. The summed E-state index contributed by atoms with van der Waals surface area (Å²) in [6.45, 7) is 4.15. The van der Waals surface area contributed by atoms with Gasteiger partial charge < -0.3 is 28.7 Å². The van der Waals surface area contributed by atoms with Crippen LogP contribution in [0.5, 0.6) is 23.0 Å². The van der Waals surface area contributed by atoms with Gasteiger partial charge in [-0.2, -0.15) is 0 Å². The fraction of sp³-hybridized carbons (Fsp3) is 0.0943. The molecule has 63 heavy (non-hydrogen) atoms. The van der Waals surface area contributed by atoms with E-state index in [0.29, 0.717) is 34.4 Å². The molecule has 0 fully saturated rings. The molecule has 0 unspecified atom stereocenters. The summed E-state index contributed by atoms with van der Waals surface area (Å²) in [6, 6.07) is 68.7. The molecule has 8 rings (SSSR count). The number of aryl methyl sites for hydroxylation is 2. The van der Waals surface area contributed by atoms with Gasteiger partial charge >= 0.3 is 15.2 Å². The highest BCUT2D eigenvalue weighted by Gasteiger charge is 2.41. The normalized spacial score (nSPS) is 11.7. The van der Waals surface area contributed by atoms with Gasteiger partial charge in [0.1, 0.15) is 35.6 Å². The second kappa shape index (κ2) is 19.0. The van der Waals surface area contributed by atoms with Crippen LogP contribution in [0.4, 0.5) is 11.4 Å². The van der Waals surface area contributed by atoms with E-state index in [1.54, 1.807) is 102 Å². The average Bonchev–Trinajstić information content (AvgIpc) is 3.29. The Morgan fingerprint density at radius 3 is 0.968 bits per heavy atom. The molecule has 10 heteroatoms. The van der Waals surface area contributed by atoms with Gasteiger partial charge in [0.2, 0.25) is 0 Å². The molecule has 0 bridgehead atoms. The summed E-state index contributed by atoms with van der Waals surface area (Å²) in [5, 5.41) is 0. The summed E-state index contributed by atoms with van der Waals surface area (Å²) in [7, 11) is -8.31. The Kier molecular flexibility index (Phi) is 12.9. The zero-order valence-corrected chi connectivity index (χ0v) is 36.9. The van der Waals surface area contributed by atoms with Crippen LogP contribution in [0.25, 0.3) is 0 Å². The van der Waals surface area contributed by atoms with Crippen molar-refractivity contribution in [2.75, 3.05) is 23.2 Å². The van der Waals surface area contributed by atoms with Crippen molar-refractivity contribution in [1.82, 2.24) is 0 Å². The molecule has 0 amide bonds. The fourth-order valence-electron chi connectivity index (χ4n) is 7.61. The molecule has 8 aromatic carbocycles. The lowest BCUT2D eigenvalue weighted by molar-refractivity contribution is 0.379. The zero-order chi connectivity index (χ0) is 43.7. The van der Waals surface area contributed by atoms with E-state index in [-0.39, 0.29) is 12.6 Å². The number of anilines is 2. The van der Waals surface area contributed by atoms with Crippen molar-refractivity contribution in [3.8, 4) is 23.0 Å². The van der Waals surface area contributed by atoms with Crippen molar-refractivity contribution >= 4 is 26.6 Å². The third-order valence-corrected chi connectivity index (χ3v) is 13.9. The molecule has 0 aliphatic carbocycles. The Hall–Kier alpha value is -6.98. The van der Waals surface area contributed by atoms with Crippen molar-refractivity contribution in [2.24, 2.45) is 0 Å². The number of nitrogens with zero attached hydrogens (tertiary/aromatic N) is 1. The van der Waals surface area contributed by atoms with Gasteiger partial charge in [-0.15, -0.1) is 0 Å². The first-order valence-corrected chi connectivity index (χ1v) is 24.1. The molecule has 8 aromatic rings. The van der Waals surface area contributed by atoms with E-state index < -0.39 is 20.6 Å². The van der Waals surface area contributed by atoms with E-state index in [4.69, 9.17) is 23.8 Å². The predicted octanol–water partition coefficient (Wildman–Crippen LogP) is 13.7. The Labute approximate surface area is 369 Å². The van der Waals surface area contributed by atoms with Gasteiger partial charge in [0, 0.05) is 11.4 Å². The van der Waals surface area contributed by atoms with Crippen LogP contribution in [0.3, 0.4) is 0 Å². The second-order valence-corrected chi connectivity index (χ2v) is 19.1. The zero-order valence-electron chi connectivity index (χ0n) is 35.1. The number of benzene rings is 8. The van der Waals surface area contributed by atoms with E-state index in [2.05, 4.69) is 86.6 Å². The predicted molar refractivity (Wildman–Crippen MR) is 254 cm³/mol. The summed E-state index contributed by atoms with van der Waals surface area (Å²) >= 11 is 0. The van der Waals surface area contributed by atoms with Gasteiger partial charge in [-0.05, 0) is 109 Å². The molecule has 0 saturated heterocycles. The van der Waals surface area contributed by atoms with E-state index >= 15 is 9.13 Å². The molecular formula is C53H48N2O6P2. The van der Waals surface area contributed by atoms with Gasteiger partial charge in [0.25, 0.3) is 0 Å². The third kappa shape index (κ3) is 10.2. The quantitative estimate of drug-likeness (QED) is 0.0549. The molecular weight excluding hydrogens is 823 g/mol. The summed E-state index contributed by atoms with van der Waals surface area (Å²) in [5.74, 6) is 1.39. The maximum Gasteiger partial charge on any atom is 0.449 e. The second-order valence-electron chi connectivity index (χ2n) is 15.3. The molecule has 0 saturated carbocycles. The maximum absolute atomic E-state index is 15.3. The number of nitrogen functional groups attached to an aromatic ring is 1. The Morgan fingerprint density at radius 1 is 0.397 bits per heavy atom. The molecule has 0 aromatic heterocycles. The summed E-state index contributed by atoms with van der Waals surface area (Å²) in [4.78, 5) is 1.70. The maximum atomic E-state index is 15.3. The van der Waals surface area contributed by atoms with Crippen LogP contribution in [-0.2, 0) is 14.5 Å². The third-order valence-electron chi connectivity index (χ3n) is 10.6. The summed E-state index contributed by atoms with van der Waals surface area (Å²) in [6.07, 6.45) is -0.676. The Morgan fingerprint density at radius 2 is 0.667 bits per heavy atom. The van der Waals surface area contributed by atoms with Crippen molar-refractivity contribution in [3.05, 3.63) is 252 Å². The van der Waals surface area contributed by atoms with E-state index in [1.165, 1.54) is 0 Å². The molecule has 0 aliphatic rings. The lowest BCUT2D eigenvalue weighted by Gasteiger charge is -2.37. The number of nitrogens with two attached hydrogens (primary N) is 1. The molecule has 0 heterocycles. The minimum atomic E-state index is -4.16. The van der Waals surface area contributed by atoms with Crippen LogP contribution in [0, 0.1) is 13.8 Å². The number of rotatable bonds is 17. The van der Waals surface area contributed by atoms with Gasteiger partial charge in [0.15, 0.2) is 0 Å². The van der Waals surface area contributed by atoms with Crippen molar-refractivity contribution in [3.63, 3.8) is 0 Å². The topological polar surface area (TPSA) is 100 Å². The monoisotopic (exact) mass is 870 g/mol. The first-order chi connectivity index (χ1) is 30.6. The lowest BCUT2D eigenvalue weighted by Crippen LogP contribution is -2.32. The van der Waals surface area contributed by atoms with Crippen LogP contribution >= 0.6 is 15.2 Å². The molecule has 0 atom stereocenters. The van der Waals surface area contributed by atoms with Crippen LogP contribution in [0.2, 0.25) is 0 Å². The van der Waals surface area contributed by atoms with Crippen LogP contribution in [0.1, 0.15) is 33.4 Å². The Balaban J connectivity index is 1.29. The molecule has 0 spiro atoms. The number of para-hydroxylation sites is 4. The molecule has 8 nitrogen and oxygen atoms in total. The fourth-order valence-corrected chi connectivity index (χ4v) is 11.2. The average molecular weight is 871 g/mol. The van der Waals surface area contributed by atoms with E-state index in [9.17, 15) is 0 Å². The lowest BCUT2D eigenvalue weighted by atomic mass is 9.65. The minimum Gasteiger partial charge on any atom is -0.415 e. The first kappa shape index (κ1) is 42.7. The largest absolute Gasteiger partial charge is 0.449 e. The minimum absolute atomic E-state index is 0.338. The van der Waals surface area contributed by atoms with Crippen molar-refractivity contribution in [2.45, 2.75) is 19.3 Å². The number of hydrogen-bond donors (Lipinski definition) is 1. The summed E-state index contributed by atoms with van der Waals surface area (Å²) < 4.78 is 55.9. The standard InChI is InChI=1S/C53H48N2O6P2/c1-41-23-27-43(28-24-41)53(44-29-25-42(2)26-30-44,45-31-35-47(54)36-32-45)46-33-37-48(38-34-46)55(39-62(56,58-49-15-7-3-8-16-49)59-50-17-9-4-10-18-50)40-63(57,60-51-19-11-5-12-20-51)61-52-21-13-6-14-22-52/h3-38H,39-40,54H2,1-2H3. The van der Waals surface area contributed by atoms with Crippen LogP contribution in [-0.4, -0.2) is 12.6 Å². The highest BCUT2D eigenvalue weighted by atomic mass is 31.2. The van der Waals surface area contributed by atoms with Gasteiger partial charge in [-0.25, -0.2) is 9.13 Å². The first-order valence-electron chi connectivity index (χ1n) is 20.6. The van der Waals surface area contributed by atoms with Gasteiger partial charge in [-0.3, -0.25) is 0 Å². The van der Waals surface area contributed by atoms with Gasteiger partial charge in [-0.1, -0.05) is 157 Å². The molecule has 2 N–H and O–H groups in total. The number of hydrogen-bond acceptors (Lipinski definition) is 8. The van der Waals surface area contributed by atoms with Crippen molar-refractivity contribution < 1.29 is 27.2 Å². The summed E-state index contributed by atoms with van der Waals surface area (Å²) in [5.41, 5.74) is 13.1. The molecule has 0 aliphatic heterocycles. The van der Waals surface area contributed by atoms with Gasteiger partial charge in [0.05, 0.1) is 5.41 Å².